The van der Waals surface area contributed by atoms with Crippen LogP contribution in [0.5, 0.6) is 0 Å². The molecule has 2 amide bonds. The number of urea groups is 1. The van der Waals surface area contributed by atoms with E-state index < -0.39 is 0 Å². The van der Waals surface area contributed by atoms with Crippen molar-refractivity contribution in [3.63, 3.8) is 0 Å². The average Bonchev–Trinajstić information content (AvgIpc) is 3.63. The number of hydrogen-bond donors (Lipinski definition) is 4. The molecule has 1 saturated heterocycles. The summed E-state index contributed by atoms with van der Waals surface area (Å²) >= 11 is 0. The van der Waals surface area contributed by atoms with Crippen molar-refractivity contribution in [2.24, 2.45) is 11.6 Å². The van der Waals surface area contributed by atoms with Crippen LogP contribution in [0, 0.1) is 6.92 Å². The number of aromatic nitrogens is 2. The standard InChI is InChI=1S/C35H42N8O4/c1-23-32(30(36)21-41(2)37)40-43(28-11-6-5-7-12-28)33(23)39-35(45)38-31-22-42(17-18-46-3)20-29(31)27-10-8-9-26(19-27)24-13-15-25(16-14-24)34(44)47-4/h5-16,19,21,29,31H,17-18,20,22,36-37H2,1-4H3,(H2,38,39,45)/b30-21-/t29-,31+/m0/s1. The summed E-state index contributed by atoms with van der Waals surface area (Å²) in [6, 6.07) is 24.6. The number of esters is 1. The van der Waals surface area contributed by atoms with Gasteiger partial charge in [0, 0.05) is 51.5 Å². The number of carbonyl (C=O) groups is 2. The number of amides is 2. The third kappa shape index (κ3) is 7.80. The first-order valence-electron chi connectivity index (χ1n) is 15.4. The monoisotopic (exact) mass is 638 g/mol. The van der Waals surface area contributed by atoms with Gasteiger partial charge in [0.1, 0.15) is 11.5 Å². The van der Waals surface area contributed by atoms with E-state index in [0.717, 1.165) is 35.5 Å². The Morgan fingerprint density at radius 3 is 2.45 bits per heavy atom. The molecule has 12 heteroatoms. The molecule has 0 radical (unpaired) electrons. The maximum atomic E-state index is 13.7. The number of nitrogens with zero attached hydrogens (tertiary/aromatic N) is 4. The van der Waals surface area contributed by atoms with Crippen molar-refractivity contribution in [3.8, 4) is 16.8 Å². The third-order valence-electron chi connectivity index (χ3n) is 8.25. The van der Waals surface area contributed by atoms with E-state index in [1.807, 2.05) is 61.5 Å². The number of para-hydroxylation sites is 1. The maximum Gasteiger partial charge on any atom is 0.337 e. The highest BCUT2D eigenvalue weighted by atomic mass is 16.5. The predicted octanol–water partition coefficient (Wildman–Crippen LogP) is 3.93. The Kier molecular flexibility index (Phi) is 10.6. The summed E-state index contributed by atoms with van der Waals surface area (Å²) in [5.41, 5.74) is 12.3. The van der Waals surface area contributed by atoms with Crippen LogP contribution in [-0.2, 0) is 9.47 Å². The largest absolute Gasteiger partial charge is 0.465 e. The summed E-state index contributed by atoms with van der Waals surface area (Å²) in [5.74, 6) is 5.95. The Morgan fingerprint density at radius 1 is 1.02 bits per heavy atom. The second kappa shape index (κ2) is 14.9. The third-order valence-corrected chi connectivity index (χ3v) is 8.25. The molecule has 2 atom stereocenters. The van der Waals surface area contributed by atoms with Gasteiger partial charge >= 0.3 is 12.0 Å². The molecule has 0 saturated carbocycles. The lowest BCUT2D eigenvalue weighted by Crippen LogP contribution is -2.42. The van der Waals surface area contributed by atoms with Gasteiger partial charge in [0.15, 0.2) is 0 Å². The first-order valence-corrected chi connectivity index (χ1v) is 15.4. The Hall–Kier alpha value is -5.17. The van der Waals surface area contributed by atoms with E-state index in [-0.39, 0.29) is 24.0 Å². The topological polar surface area (TPSA) is 153 Å². The Bertz CT molecular complexity index is 1720. The Morgan fingerprint density at radius 2 is 1.77 bits per heavy atom. The van der Waals surface area contributed by atoms with Gasteiger partial charge in [-0.25, -0.2) is 20.1 Å². The van der Waals surface area contributed by atoms with E-state index >= 15 is 0 Å². The van der Waals surface area contributed by atoms with Crippen molar-refractivity contribution in [1.29, 1.82) is 0 Å². The lowest BCUT2D eigenvalue weighted by molar-refractivity contribution is 0.0600. The number of hydrazine groups is 1. The summed E-state index contributed by atoms with van der Waals surface area (Å²) in [7, 11) is 4.73. The van der Waals surface area contributed by atoms with Crippen LogP contribution in [0.25, 0.3) is 22.5 Å². The normalized spacial score (nSPS) is 16.6. The quantitative estimate of drug-likeness (QED) is 0.109. The summed E-state index contributed by atoms with van der Waals surface area (Å²) in [6.07, 6.45) is 1.58. The van der Waals surface area contributed by atoms with Gasteiger partial charge < -0.3 is 25.5 Å². The molecule has 1 fully saturated rings. The minimum atomic E-state index is -0.374. The SMILES string of the molecule is COCCN1C[C@@H](NC(=O)Nc2c(C)c(/C(N)=C/N(C)N)nn2-c2ccccc2)[C@H](c2cccc(-c3ccc(C(=O)OC)cc3)c2)C1. The number of carbonyl (C=O) groups excluding carboxylic acids is 2. The first-order chi connectivity index (χ1) is 22.7. The van der Waals surface area contributed by atoms with Crippen LogP contribution in [0.3, 0.4) is 0 Å². The number of likely N-dealkylation sites (tertiary alicyclic amines) is 1. The number of methoxy groups -OCH3 is 2. The van der Waals surface area contributed by atoms with Crippen LogP contribution >= 0.6 is 0 Å². The molecular formula is C35H42N8O4. The molecular weight excluding hydrogens is 596 g/mol. The molecule has 6 N–H and O–H groups in total. The van der Waals surface area contributed by atoms with Gasteiger partial charge in [0.2, 0.25) is 0 Å². The number of hydrogen-bond acceptors (Lipinski definition) is 9. The van der Waals surface area contributed by atoms with E-state index in [2.05, 4.69) is 27.7 Å². The van der Waals surface area contributed by atoms with Crippen LogP contribution in [0.15, 0.2) is 85.1 Å². The second-order valence-corrected chi connectivity index (χ2v) is 11.6. The molecule has 4 aromatic rings. The highest BCUT2D eigenvalue weighted by molar-refractivity contribution is 5.91. The minimum Gasteiger partial charge on any atom is -0.465 e. The van der Waals surface area contributed by atoms with Crippen molar-refractivity contribution < 1.29 is 19.1 Å². The molecule has 47 heavy (non-hydrogen) atoms. The van der Waals surface area contributed by atoms with E-state index in [1.165, 1.54) is 12.1 Å². The van der Waals surface area contributed by atoms with Crippen molar-refractivity contribution in [2.75, 3.05) is 52.8 Å². The van der Waals surface area contributed by atoms with Gasteiger partial charge in [0.05, 0.1) is 36.7 Å². The fraction of sp³-hybridized carbons (Fsp3) is 0.286. The Labute approximate surface area is 274 Å². The minimum absolute atomic E-state index is 0.0151. The summed E-state index contributed by atoms with van der Waals surface area (Å²) < 4.78 is 11.9. The van der Waals surface area contributed by atoms with Gasteiger partial charge in [0.25, 0.3) is 0 Å². The van der Waals surface area contributed by atoms with Gasteiger partial charge in [-0.15, -0.1) is 0 Å². The van der Waals surface area contributed by atoms with E-state index in [4.69, 9.17) is 26.1 Å². The van der Waals surface area contributed by atoms with Crippen molar-refractivity contribution in [3.05, 3.63) is 107 Å². The lowest BCUT2D eigenvalue weighted by Gasteiger charge is -2.21. The van der Waals surface area contributed by atoms with Gasteiger partial charge in [-0.3, -0.25) is 10.2 Å². The van der Waals surface area contributed by atoms with Crippen LogP contribution in [-0.4, -0.2) is 85.2 Å². The van der Waals surface area contributed by atoms with E-state index in [0.29, 0.717) is 41.5 Å². The number of rotatable bonds is 11. The second-order valence-electron chi connectivity index (χ2n) is 11.6. The highest BCUT2D eigenvalue weighted by Crippen LogP contribution is 2.32. The molecule has 0 unspecified atom stereocenters. The number of nitrogens with one attached hydrogen (secondary N) is 2. The summed E-state index contributed by atoms with van der Waals surface area (Å²) in [6.45, 7) is 4.59. The average molecular weight is 639 g/mol. The number of nitrogens with two attached hydrogens (primary N) is 2. The molecule has 3 aromatic carbocycles. The molecule has 1 aromatic heterocycles. The van der Waals surface area contributed by atoms with Crippen LogP contribution in [0.4, 0.5) is 10.6 Å². The number of anilines is 1. The molecule has 0 aliphatic carbocycles. The zero-order valence-electron chi connectivity index (χ0n) is 27.1. The highest BCUT2D eigenvalue weighted by Gasteiger charge is 2.35. The molecule has 2 heterocycles. The van der Waals surface area contributed by atoms with E-state index in [9.17, 15) is 9.59 Å². The van der Waals surface area contributed by atoms with Crippen molar-refractivity contribution in [2.45, 2.75) is 18.9 Å². The lowest BCUT2D eigenvalue weighted by atomic mass is 9.91. The molecule has 0 spiro atoms. The fourth-order valence-corrected chi connectivity index (χ4v) is 5.90. The van der Waals surface area contributed by atoms with E-state index in [1.54, 1.807) is 37.2 Å². The molecule has 0 bridgehead atoms. The van der Waals surface area contributed by atoms with Crippen molar-refractivity contribution in [1.82, 2.24) is 25.0 Å². The van der Waals surface area contributed by atoms with Gasteiger partial charge in [-0.05, 0) is 47.9 Å². The van der Waals surface area contributed by atoms with Crippen LogP contribution in [0.1, 0.15) is 33.1 Å². The molecule has 246 valence electrons. The fourth-order valence-electron chi connectivity index (χ4n) is 5.90. The molecule has 1 aliphatic heterocycles. The molecule has 12 nitrogen and oxygen atoms in total. The smallest absolute Gasteiger partial charge is 0.337 e. The zero-order chi connectivity index (χ0) is 33.5. The molecule has 5 rings (SSSR count). The van der Waals surface area contributed by atoms with Gasteiger partial charge in [-0.1, -0.05) is 54.6 Å². The first kappa shape index (κ1) is 33.2. The summed E-state index contributed by atoms with van der Waals surface area (Å²) in [4.78, 5) is 28.0. The van der Waals surface area contributed by atoms with Crippen LogP contribution in [0.2, 0.25) is 0 Å². The maximum absolute atomic E-state index is 13.7. The number of ether oxygens (including phenoxy) is 2. The van der Waals surface area contributed by atoms with Crippen molar-refractivity contribution >= 4 is 23.5 Å². The number of benzene rings is 3. The molecule has 1 aliphatic rings. The summed E-state index contributed by atoms with van der Waals surface area (Å²) in [5, 5.41) is 12.4. The Balaban J connectivity index is 1.41. The predicted molar refractivity (Wildman–Crippen MR) is 183 cm³/mol. The van der Waals surface area contributed by atoms with Gasteiger partial charge in [-0.2, -0.15) is 5.10 Å². The zero-order valence-corrected chi connectivity index (χ0v) is 27.1. The van der Waals surface area contributed by atoms with Crippen LogP contribution < -0.4 is 22.2 Å².